The maximum Gasteiger partial charge on any atom is 0.137 e. The molecule has 1 atom stereocenters. The molecule has 0 saturated heterocycles. The van der Waals surface area contributed by atoms with E-state index >= 15 is 0 Å². The summed E-state index contributed by atoms with van der Waals surface area (Å²) in [5.41, 5.74) is 1.07. The Kier molecular flexibility index (Phi) is 7.18. The number of hydrogen-bond donors (Lipinski definition) is 1. The van der Waals surface area contributed by atoms with E-state index in [9.17, 15) is 4.39 Å². The van der Waals surface area contributed by atoms with Gasteiger partial charge in [0.05, 0.1) is 4.47 Å². The highest BCUT2D eigenvalue weighted by atomic mass is 79.9. The quantitative estimate of drug-likeness (QED) is 0.683. The molecule has 1 aliphatic rings. The SMILES string of the molecule is CCNC(CCC1CCCCC1)Cc1cccc(F)c1Br. The van der Waals surface area contributed by atoms with Crippen LogP contribution in [0.25, 0.3) is 0 Å². The molecule has 1 nitrogen and oxygen atoms in total. The predicted molar refractivity (Wildman–Crippen MR) is 91.1 cm³/mol. The van der Waals surface area contributed by atoms with Crippen molar-refractivity contribution in [2.75, 3.05) is 6.54 Å². The third-order valence-corrected chi connectivity index (χ3v) is 5.53. The molecule has 1 fully saturated rings. The van der Waals surface area contributed by atoms with Crippen molar-refractivity contribution in [3.05, 3.63) is 34.1 Å². The van der Waals surface area contributed by atoms with Crippen molar-refractivity contribution in [1.29, 1.82) is 0 Å². The van der Waals surface area contributed by atoms with E-state index in [2.05, 4.69) is 28.2 Å². The van der Waals surface area contributed by atoms with Crippen molar-refractivity contribution in [3.8, 4) is 0 Å². The number of hydrogen-bond acceptors (Lipinski definition) is 1. The highest BCUT2D eigenvalue weighted by molar-refractivity contribution is 9.10. The molecule has 3 heteroatoms. The molecule has 118 valence electrons. The third-order valence-electron chi connectivity index (χ3n) is 4.64. The van der Waals surface area contributed by atoms with Gasteiger partial charge in [0, 0.05) is 6.04 Å². The monoisotopic (exact) mass is 355 g/mol. The molecule has 0 radical (unpaired) electrons. The Hall–Kier alpha value is -0.410. The van der Waals surface area contributed by atoms with Gasteiger partial charge in [0.1, 0.15) is 5.82 Å². The maximum atomic E-state index is 13.6. The zero-order valence-corrected chi connectivity index (χ0v) is 14.6. The van der Waals surface area contributed by atoms with E-state index in [0.717, 1.165) is 24.4 Å². The van der Waals surface area contributed by atoms with E-state index in [1.165, 1.54) is 51.0 Å². The number of rotatable bonds is 7. The normalized spacial score (nSPS) is 17.9. The molecule has 1 aromatic carbocycles. The summed E-state index contributed by atoms with van der Waals surface area (Å²) in [5.74, 6) is 0.755. The molecular weight excluding hydrogens is 329 g/mol. The highest BCUT2D eigenvalue weighted by Crippen LogP contribution is 2.29. The van der Waals surface area contributed by atoms with E-state index in [1.807, 2.05) is 6.07 Å². The summed E-state index contributed by atoms with van der Waals surface area (Å²) in [6.07, 6.45) is 10.5. The fourth-order valence-electron chi connectivity index (χ4n) is 3.45. The summed E-state index contributed by atoms with van der Waals surface area (Å²) >= 11 is 3.38. The van der Waals surface area contributed by atoms with Gasteiger partial charge >= 0.3 is 0 Å². The van der Waals surface area contributed by atoms with Gasteiger partial charge in [0.15, 0.2) is 0 Å². The summed E-state index contributed by atoms with van der Waals surface area (Å²) in [6.45, 7) is 3.12. The van der Waals surface area contributed by atoms with Gasteiger partial charge in [0.2, 0.25) is 0 Å². The summed E-state index contributed by atoms with van der Waals surface area (Å²) in [5, 5.41) is 3.57. The van der Waals surface area contributed by atoms with Crippen molar-refractivity contribution >= 4 is 15.9 Å². The third kappa shape index (κ3) is 5.37. The Balaban J connectivity index is 1.90. The van der Waals surface area contributed by atoms with E-state index in [1.54, 1.807) is 6.07 Å². The summed E-state index contributed by atoms with van der Waals surface area (Å²) in [7, 11) is 0. The van der Waals surface area contributed by atoms with Gasteiger partial charge in [-0.2, -0.15) is 0 Å². The van der Waals surface area contributed by atoms with E-state index in [4.69, 9.17) is 0 Å². The smallest absolute Gasteiger partial charge is 0.137 e. The molecule has 0 spiro atoms. The van der Waals surface area contributed by atoms with Gasteiger partial charge in [0.25, 0.3) is 0 Å². The Morgan fingerprint density at radius 2 is 2.05 bits per heavy atom. The van der Waals surface area contributed by atoms with Crippen molar-refractivity contribution in [2.24, 2.45) is 5.92 Å². The van der Waals surface area contributed by atoms with Crippen LogP contribution < -0.4 is 5.32 Å². The summed E-state index contributed by atoms with van der Waals surface area (Å²) in [6, 6.07) is 5.80. The lowest BCUT2D eigenvalue weighted by Gasteiger charge is -2.25. The average molecular weight is 356 g/mol. The van der Waals surface area contributed by atoms with Crippen LogP contribution in [-0.4, -0.2) is 12.6 Å². The molecule has 0 aromatic heterocycles. The zero-order valence-electron chi connectivity index (χ0n) is 13.0. The van der Waals surface area contributed by atoms with E-state index in [0.29, 0.717) is 10.5 Å². The molecule has 1 saturated carbocycles. The van der Waals surface area contributed by atoms with Crippen molar-refractivity contribution in [2.45, 2.75) is 64.3 Å². The Morgan fingerprint density at radius 1 is 1.29 bits per heavy atom. The fraction of sp³-hybridized carbons (Fsp3) is 0.667. The first kappa shape index (κ1) is 17.0. The van der Waals surface area contributed by atoms with Gasteiger partial charge in [-0.3, -0.25) is 0 Å². The molecule has 0 amide bonds. The van der Waals surface area contributed by atoms with Crippen LogP contribution in [0, 0.1) is 11.7 Å². The summed E-state index contributed by atoms with van der Waals surface area (Å²) in [4.78, 5) is 0. The van der Waals surface area contributed by atoms with Crippen molar-refractivity contribution in [1.82, 2.24) is 5.32 Å². The van der Waals surface area contributed by atoms with Crippen LogP contribution >= 0.6 is 15.9 Å². The number of nitrogens with one attached hydrogen (secondary N) is 1. The van der Waals surface area contributed by atoms with Crippen molar-refractivity contribution < 1.29 is 4.39 Å². The topological polar surface area (TPSA) is 12.0 Å². The van der Waals surface area contributed by atoms with Crippen LogP contribution in [0.3, 0.4) is 0 Å². The number of benzene rings is 1. The van der Waals surface area contributed by atoms with Crippen LogP contribution in [-0.2, 0) is 6.42 Å². The van der Waals surface area contributed by atoms with Crippen LogP contribution in [0.1, 0.15) is 57.4 Å². The lowest BCUT2D eigenvalue weighted by atomic mass is 9.84. The van der Waals surface area contributed by atoms with Crippen LogP contribution in [0.15, 0.2) is 22.7 Å². The molecule has 1 aliphatic carbocycles. The Morgan fingerprint density at radius 3 is 2.76 bits per heavy atom. The van der Waals surface area contributed by atoms with Gasteiger partial charge in [-0.1, -0.05) is 51.2 Å². The van der Waals surface area contributed by atoms with Crippen LogP contribution in [0.5, 0.6) is 0 Å². The lowest BCUT2D eigenvalue weighted by molar-refractivity contribution is 0.313. The Labute approximate surface area is 136 Å². The fourth-order valence-corrected chi connectivity index (χ4v) is 3.88. The van der Waals surface area contributed by atoms with E-state index in [-0.39, 0.29) is 5.82 Å². The van der Waals surface area contributed by atoms with Gasteiger partial charge in [-0.05, 0) is 59.3 Å². The van der Waals surface area contributed by atoms with Crippen LogP contribution in [0.2, 0.25) is 0 Å². The molecule has 1 aromatic rings. The number of halogens is 2. The molecule has 21 heavy (non-hydrogen) atoms. The molecule has 0 heterocycles. The molecule has 1 N–H and O–H groups in total. The average Bonchev–Trinajstić information content (AvgIpc) is 2.50. The lowest BCUT2D eigenvalue weighted by Crippen LogP contribution is -2.31. The first-order chi connectivity index (χ1) is 10.2. The minimum Gasteiger partial charge on any atom is -0.314 e. The largest absolute Gasteiger partial charge is 0.314 e. The van der Waals surface area contributed by atoms with Crippen LogP contribution in [0.4, 0.5) is 4.39 Å². The maximum absolute atomic E-state index is 13.6. The predicted octanol–water partition coefficient (Wildman–Crippen LogP) is 5.47. The minimum atomic E-state index is -0.157. The second kappa shape index (κ2) is 8.89. The number of likely N-dealkylation sites (N-methyl/N-ethyl adjacent to an activating group) is 1. The zero-order chi connectivity index (χ0) is 15.1. The Bertz CT molecular complexity index is 429. The first-order valence-electron chi connectivity index (χ1n) is 8.37. The molecular formula is C18H27BrFN. The van der Waals surface area contributed by atoms with Gasteiger partial charge < -0.3 is 5.32 Å². The molecule has 0 bridgehead atoms. The molecule has 1 unspecified atom stereocenters. The summed E-state index contributed by atoms with van der Waals surface area (Å²) < 4.78 is 14.3. The van der Waals surface area contributed by atoms with Crippen molar-refractivity contribution in [3.63, 3.8) is 0 Å². The van der Waals surface area contributed by atoms with Gasteiger partial charge in [-0.15, -0.1) is 0 Å². The van der Waals surface area contributed by atoms with E-state index < -0.39 is 0 Å². The molecule has 2 rings (SSSR count). The standard InChI is InChI=1S/C18H27BrFN/c1-2-21-16(12-11-14-7-4-3-5-8-14)13-15-9-6-10-17(20)18(15)19/h6,9-10,14,16,21H,2-5,7-8,11-13H2,1H3. The second-order valence-corrected chi connectivity index (χ2v) is 7.05. The first-order valence-corrected chi connectivity index (χ1v) is 9.16. The minimum absolute atomic E-state index is 0.157. The molecule has 0 aliphatic heterocycles. The second-order valence-electron chi connectivity index (χ2n) is 6.25. The van der Waals surface area contributed by atoms with Gasteiger partial charge in [-0.25, -0.2) is 4.39 Å². The highest BCUT2D eigenvalue weighted by Gasteiger charge is 2.17.